The van der Waals surface area contributed by atoms with Crippen LogP contribution in [0, 0.1) is 0 Å². The second-order valence-corrected chi connectivity index (χ2v) is 8.15. The van der Waals surface area contributed by atoms with Gasteiger partial charge in [-0.3, -0.25) is 19.1 Å². The van der Waals surface area contributed by atoms with Gasteiger partial charge in [-0.25, -0.2) is 9.59 Å². The highest BCUT2D eigenvalue weighted by Crippen LogP contribution is 2.34. The zero-order valence-corrected chi connectivity index (χ0v) is 18.8. The van der Waals surface area contributed by atoms with Crippen molar-refractivity contribution in [3.05, 3.63) is 92.1 Å². The maximum atomic E-state index is 13.4. The number of nitrogen functional groups attached to an aromatic ring is 1. The summed E-state index contributed by atoms with van der Waals surface area (Å²) in [5.41, 5.74) is 6.72. The lowest BCUT2D eigenvalue weighted by Crippen LogP contribution is -2.42. The van der Waals surface area contributed by atoms with Crippen LogP contribution in [0.4, 0.5) is 11.5 Å². The molecule has 0 bridgehead atoms. The summed E-state index contributed by atoms with van der Waals surface area (Å²) < 4.78 is 6.66. The van der Waals surface area contributed by atoms with Gasteiger partial charge in [-0.05, 0) is 18.1 Å². The Bertz CT molecular complexity index is 1330. The summed E-state index contributed by atoms with van der Waals surface area (Å²) >= 11 is 0. The van der Waals surface area contributed by atoms with Gasteiger partial charge < -0.3 is 15.4 Å². The van der Waals surface area contributed by atoms with Crippen molar-refractivity contribution in [1.82, 2.24) is 9.55 Å². The fraction of sp³-hybridized carbons (Fsp3) is 0.280. The fourth-order valence-corrected chi connectivity index (χ4v) is 4.08. The maximum Gasteiger partial charge on any atom is 0.339 e. The van der Waals surface area contributed by atoms with E-state index in [0.29, 0.717) is 17.5 Å². The average molecular weight is 463 g/mol. The number of aromatic amines is 1. The van der Waals surface area contributed by atoms with Crippen molar-refractivity contribution in [2.24, 2.45) is 0 Å². The minimum absolute atomic E-state index is 0.0772. The smallest absolute Gasteiger partial charge is 0.339 e. The van der Waals surface area contributed by atoms with Crippen LogP contribution in [0.25, 0.3) is 0 Å². The van der Waals surface area contributed by atoms with E-state index < -0.39 is 29.2 Å². The molecular weight excluding hydrogens is 436 g/mol. The summed E-state index contributed by atoms with van der Waals surface area (Å²) in [4.78, 5) is 54.6. The van der Waals surface area contributed by atoms with Crippen LogP contribution < -0.4 is 21.9 Å². The number of aromatic nitrogens is 2. The van der Waals surface area contributed by atoms with Crippen molar-refractivity contribution >= 4 is 23.4 Å². The molecule has 9 heteroatoms. The summed E-state index contributed by atoms with van der Waals surface area (Å²) in [5.74, 6) is -1.00. The van der Waals surface area contributed by atoms with Gasteiger partial charge >= 0.3 is 11.7 Å². The number of nitrogens with zero attached hydrogens (tertiary/aromatic N) is 2. The Labute approximate surface area is 195 Å². The average Bonchev–Trinajstić information content (AvgIpc) is 3.14. The number of hydrogen-bond donors (Lipinski definition) is 2. The number of H-pyrrole nitrogens is 1. The number of carbonyl (C=O) groups excluding carboxylic acids is 2. The molecule has 2 aromatic carbocycles. The van der Waals surface area contributed by atoms with E-state index in [1.54, 1.807) is 24.3 Å². The van der Waals surface area contributed by atoms with E-state index in [1.165, 1.54) is 9.47 Å². The van der Waals surface area contributed by atoms with E-state index >= 15 is 0 Å². The molecule has 3 aromatic rings. The van der Waals surface area contributed by atoms with Crippen LogP contribution >= 0.6 is 0 Å². The molecule has 0 saturated heterocycles. The minimum Gasteiger partial charge on any atom is -0.453 e. The predicted molar refractivity (Wildman–Crippen MR) is 128 cm³/mol. The van der Waals surface area contributed by atoms with Crippen LogP contribution in [-0.4, -0.2) is 28.0 Å². The van der Waals surface area contributed by atoms with Crippen molar-refractivity contribution in [2.45, 2.75) is 38.8 Å². The third-order valence-corrected chi connectivity index (χ3v) is 5.84. The van der Waals surface area contributed by atoms with E-state index in [9.17, 15) is 19.2 Å². The van der Waals surface area contributed by atoms with Crippen molar-refractivity contribution in [3.63, 3.8) is 0 Å². The SMILES string of the molecule is CCCCN(C(=O)C[C@H]1OC(=O)c2ccccc21)c1c(N)n(Cc2ccccc2)c(=O)[nH]c1=O. The Morgan fingerprint density at radius 3 is 2.53 bits per heavy atom. The van der Waals surface area contributed by atoms with Gasteiger partial charge in [-0.2, -0.15) is 0 Å². The molecule has 34 heavy (non-hydrogen) atoms. The zero-order valence-electron chi connectivity index (χ0n) is 18.8. The number of carbonyl (C=O) groups is 2. The van der Waals surface area contributed by atoms with Crippen LogP contribution in [0.1, 0.15) is 53.8 Å². The molecular formula is C25H26N4O5. The fourth-order valence-electron chi connectivity index (χ4n) is 4.08. The van der Waals surface area contributed by atoms with Crippen molar-refractivity contribution in [2.75, 3.05) is 17.2 Å². The van der Waals surface area contributed by atoms with Gasteiger partial charge in [0.25, 0.3) is 5.56 Å². The predicted octanol–water partition coefficient (Wildman–Crippen LogP) is 2.60. The number of amides is 1. The molecule has 9 nitrogen and oxygen atoms in total. The van der Waals surface area contributed by atoms with E-state index in [0.717, 1.165) is 12.0 Å². The normalized spacial score (nSPS) is 14.5. The first kappa shape index (κ1) is 23.0. The summed E-state index contributed by atoms with van der Waals surface area (Å²) in [6, 6.07) is 16.1. The Balaban J connectivity index is 1.69. The summed E-state index contributed by atoms with van der Waals surface area (Å²) in [5, 5.41) is 0. The standard InChI is InChI=1S/C25H26N4O5/c1-2-3-13-28(20(30)14-19-17-11-7-8-12-18(17)24(32)34-19)21-22(26)29(25(33)27-23(21)31)15-16-9-5-4-6-10-16/h4-12,19H,2-3,13-15,26H2,1H3,(H,27,31,33)/t19-/m1/s1. The first-order valence-electron chi connectivity index (χ1n) is 11.2. The molecule has 2 heterocycles. The van der Waals surface area contributed by atoms with Crippen LogP contribution in [0.5, 0.6) is 0 Å². The molecule has 1 atom stereocenters. The van der Waals surface area contributed by atoms with Gasteiger partial charge in [0.2, 0.25) is 5.91 Å². The number of benzene rings is 2. The molecule has 0 saturated carbocycles. The number of rotatable bonds is 8. The quantitative estimate of drug-likeness (QED) is 0.496. The Kier molecular flexibility index (Phi) is 6.62. The van der Waals surface area contributed by atoms with Crippen LogP contribution in [0.2, 0.25) is 0 Å². The van der Waals surface area contributed by atoms with Crippen molar-refractivity contribution < 1.29 is 14.3 Å². The van der Waals surface area contributed by atoms with Gasteiger partial charge in [-0.15, -0.1) is 0 Å². The highest BCUT2D eigenvalue weighted by atomic mass is 16.5. The molecule has 1 aliphatic rings. The topological polar surface area (TPSA) is 127 Å². The van der Waals surface area contributed by atoms with E-state index in [4.69, 9.17) is 10.5 Å². The molecule has 3 N–H and O–H groups in total. The lowest BCUT2D eigenvalue weighted by molar-refractivity contribution is -0.120. The Hall–Kier alpha value is -4.14. The van der Waals surface area contributed by atoms with Crippen LogP contribution in [0.3, 0.4) is 0 Å². The number of nitrogens with one attached hydrogen (secondary N) is 1. The van der Waals surface area contributed by atoms with E-state index in [-0.39, 0.29) is 31.0 Å². The maximum absolute atomic E-state index is 13.4. The third-order valence-electron chi connectivity index (χ3n) is 5.84. The lowest BCUT2D eigenvalue weighted by Gasteiger charge is -2.25. The second-order valence-electron chi connectivity index (χ2n) is 8.15. The van der Waals surface area contributed by atoms with Crippen molar-refractivity contribution in [1.29, 1.82) is 0 Å². The first-order valence-corrected chi connectivity index (χ1v) is 11.2. The largest absolute Gasteiger partial charge is 0.453 e. The lowest BCUT2D eigenvalue weighted by atomic mass is 10.0. The second kappa shape index (κ2) is 9.78. The van der Waals surface area contributed by atoms with Crippen LogP contribution in [-0.2, 0) is 16.1 Å². The minimum atomic E-state index is -0.754. The molecule has 0 unspecified atom stereocenters. The van der Waals surface area contributed by atoms with E-state index in [2.05, 4.69) is 4.98 Å². The molecule has 0 aliphatic carbocycles. The number of ether oxygens (including phenoxy) is 1. The van der Waals surface area contributed by atoms with E-state index in [1.807, 2.05) is 37.3 Å². The Morgan fingerprint density at radius 2 is 1.79 bits per heavy atom. The number of nitrogens with two attached hydrogens (primary N) is 1. The molecule has 1 amide bonds. The first-order chi connectivity index (χ1) is 16.4. The number of anilines is 2. The van der Waals surface area contributed by atoms with Crippen LogP contribution in [0.15, 0.2) is 64.2 Å². The molecule has 1 aliphatic heterocycles. The van der Waals surface area contributed by atoms with Gasteiger partial charge in [0.05, 0.1) is 18.5 Å². The monoisotopic (exact) mass is 462 g/mol. The molecule has 4 rings (SSSR count). The number of hydrogen-bond acceptors (Lipinski definition) is 6. The highest BCUT2D eigenvalue weighted by Gasteiger charge is 2.34. The Morgan fingerprint density at radius 1 is 1.09 bits per heavy atom. The van der Waals surface area contributed by atoms with Gasteiger partial charge in [0.15, 0.2) is 5.69 Å². The van der Waals surface area contributed by atoms with Gasteiger partial charge in [-0.1, -0.05) is 61.9 Å². The molecule has 0 fully saturated rings. The number of cyclic esters (lactones) is 1. The number of unbranched alkanes of at least 4 members (excludes halogenated alkanes) is 1. The number of fused-ring (bicyclic) bond motifs is 1. The summed E-state index contributed by atoms with van der Waals surface area (Å²) in [6.07, 6.45) is 0.481. The summed E-state index contributed by atoms with van der Waals surface area (Å²) in [6.45, 7) is 2.33. The third kappa shape index (κ3) is 4.50. The van der Waals surface area contributed by atoms with Gasteiger partial charge in [0, 0.05) is 12.1 Å². The van der Waals surface area contributed by atoms with Gasteiger partial charge in [0.1, 0.15) is 11.9 Å². The molecule has 0 spiro atoms. The summed E-state index contributed by atoms with van der Waals surface area (Å²) in [7, 11) is 0. The zero-order chi connectivity index (χ0) is 24.2. The number of esters is 1. The molecule has 1 aromatic heterocycles. The molecule has 176 valence electrons. The van der Waals surface area contributed by atoms with Crippen molar-refractivity contribution in [3.8, 4) is 0 Å². The highest BCUT2D eigenvalue weighted by molar-refractivity contribution is 5.98. The molecule has 0 radical (unpaired) electrons.